The van der Waals surface area contributed by atoms with Crippen molar-refractivity contribution in [2.75, 3.05) is 18.1 Å². The average molecular weight is 310 g/mol. The van der Waals surface area contributed by atoms with Gasteiger partial charge in [-0.1, -0.05) is 19.4 Å². The van der Waals surface area contributed by atoms with Crippen molar-refractivity contribution in [1.82, 2.24) is 4.31 Å². The van der Waals surface area contributed by atoms with E-state index in [1.807, 2.05) is 25.1 Å². The summed E-state index contributed by atoms with van der Waals surface area (Å²) >= 11 is 0. The number of sulfonamides is 1. The molecule has 1 aromatic rings. The number of carbonyl (C=O) groups is 1. The summed E-state index contributed by atoms with van der Waals surface area (Å²) < 4.78 is 24.7. The van der Waals surface area contributed by atoms with Gasteiger partial charge >= 0.3 is 0 Å². The van der Waals surface area contributed by atoms with Crippen LogP contribution in [0.4, 0.5) is 5.69 Å². The zero-order chi connectivity index (χ0) is 15.5. The molecule has 5 nitrogen and oxygen atoms in total. The Kier molecular flexibility index (Phi) is 5.00. The molecule has 0 bridgehead atoms. The van der Waals surface area contributed by atoms with E-state index in [0.717, 1.165) is 29.7 Å². The van der Waals surface area contributed by atoms with Crippen LogP contribution in [0.15, 0.2) is 18.2 Å². The third-order valence-electron chi connectivity index (χ3n) is 3.69. The van der Waals surface area contributed by atoms with Crippen LogP contribution in [0.3, 0.4) is 0 Å². The number of nitrogens with one attached hydrogen (secondary N) is 1. The summed E-state index contributed by atoms with van der Waals surface area (Å²) in [6.07, 6.45) is 4.32. The number of fused-ring (bicyclic) bond motifs is 1. The molecule has 0 radical (unpaired) electrons. The fraction of sp³-hybridized carbons (Fsp3) is 0.533. The molecule has 1 heterocycles. The molecule has 21 heavy (non-hydrogen) atoms. The van der Waals surface area contributed by atoms with E-state index >= 15 is 0 Å². The minimum absolute atomic E-state index is 0.00702. The topological polar surface area (TPSA) is 66.5 Å². The Labute approximate surface area is 126 Å². The van der Waals surface area contributed by atoms with Gasteiger partial charge in [-0.25, -0.2) is 8.42 Å². The molecule has 0 aromatic heterocycles. The molecular formula is C15H22N2O3S. The first-order chi connectivity index (χ1) is 9.90. The van der Waals surface area contributed by atoms with Gasteiger partial charge in [0.05, 0.1) is 6.26 Å². The zero-order valence-corrected chi connectivity index (χ0v) is 13.4. The molecule has 0 aliphatic carbocycles. The monoisotopic (exact) mass is 310 g/mol. The summed E-state index contributed by atoms with van der Waals surface area (Å²) in [7, 11) is -3.17. The molecule has 1 N–H and O–H groups in total. The van der Waals surface area contributed by atoms with Gasteiger partial charge in [-0.15, -0.1) is 0 Å². The highest BCUT2D eigenvalue weighted by molar-refractivity contribution is 7.88. The molecule has 0 saturated heterocycles. The summed E-state index contributed by atoms with van der Waals surface area (Å²) in [5, 5.41) is 2.87. The number of anilines is 1. The summed E-state index contributed by atoms with van der Waals surface area (Å²) in [5.41, 5.74) is 2.87. The van der Waals surface area contributed by atoms with Crippen LogP contribution < -0.4 is 5.32 Å². The number of unbranched alkanes of at least 4 members (excludes halogenated alkanes) is 1. The molecule has 1 amide bonds. The highest BCUT2D eigenvalue weighted by Gasteiger charge is 2.23. The first-order valence-electron chi connectivity index (χ1n) is 7.27. The number of rotatable bonds is 5. The van der Waals surface area contributed by atoms with Crippen LogP contribution in [0.5, 0.6) is 0 Å². The smallest absolute Gasteiger partial charge is 0.224 e. The van der Waals surface area contributed by atoms with Gasteiger partial charge in [0.1, 0.15) is 0 Å². The number of nitrogens with zero attached hydrogens (tertiary/aromatic N) is 1. The lowest BCUT2D eigenvalue weighted by molar-refractivity contribution is -0.116. The Morgan fingerprint density at radius 3 is 2.76 bits per heavy atom. The Balaban J connectivity index is 2.10. The van der Waals surface area contributed by atoms with Gasteiger partial charge in [0.15, 0.2) is 0 Å². The summed E-state index contributed by atoms with van der Waals surface area (Å²) in [6.45, 7) is 2.95. The van der Waals surface area contributed by atoms with Crippen molar-refractivity contribution in [3.8, 4) is 0 Å². The van der Waals surface area contributed by atoms with E-state index < -0.39 is 10.0 Å². The van der Waals surface area contributed by atoms with Crippen LogP contribution in [0.1, 0.15) is 37.3 Å². The minimum Gasteiger partial charge on any atom is -0.326 e. The molecule has 0 atom stereocenters. The largest absolute Gasteiger partial charge is 0.326 e. The van der Waals surface area contributed by atoms with Crippen molar-refractivity contribution in [3.05, 3.63) is 29.3 Å². The molecule has 1 aromatic carbocycles. The van der Waals surface area contributed by atoms with E-state index in [0.29, 0.717) is 25.9 Å². The van der Waals surface area contributed by atoms with Crippen molar-refractivity contribution in [2.45, 2.75) is 39.2 Å². The van der Waals surface area contributed by atoms with Crippen LogP contribution in [0.25, 0.3) is 0 Å². The molecule has 0 unspecified atom stereocenters. The van der Waals surface area contributed by atoms with Crippen molar-refractivity contribution in [1.29, 1.82) is 0 Å². The third kappa shape index (κ3) is 4.28. The molecule has 116 valence electrons. The Hall–Kier alpha value is -1.40. The van der Waals surface area contributed by atoms with Crippen LogP contribution in [0, 0.1) is 0 Å². The summed E-state index contributed by atoms with van der Waals surface area (Å²) in [6, 6.07) is 5.75. The van der Waals surface area contributed by atoms with Crippen LogP contribution >= 0.6 is 0 Å². The molecule has 6 heteroatoms. The number of benzene rings is 1. The van der Waals surface area contributed by atoms with Gasteiger partial charge in [-0.05, 0) is 36.1 Å². The van der Waals surface area contributed by atoms with Crippen molar-refractivity contribution in [2.24, 2.45) is 0 Å². The van der Waals surface area contributed by atoms with Crippen molar-refractivity contribution in [3.63, 3.8) is 0 Å². The second-order valence-corrected chi connectivity index (χ2v) is 7.46. The maximum Gasteiger partial charge on any atom is 0.224 e. The number of carbonyl (C=O) groups excluding carboxylic acids is 1. The van der Waals surface area contributed by atoms with Gasteiger partial charge in [-0.3, -0.25) is 4.79 Å². The van der Waals surface area contributed by atoms with Crippen LogP contribution in [-0.4, -0.2) is 31.4 Å². The SMILES string of the molecule is CCCCC(=O)Nc1ccc2c(c1)CN(S(C)(=O)=O)CC2. The fourth-order valence-corrected chi connectivity index (χ4v) is 3.25. The molecule has 1 aliphatic rings. The molecule has 0 spiro atoms. The van der Waals surface area contributed by atoms with E-state index in [9.17, 15) is 13.2 Å². The van der Waals surface area contributed by atoms with E-state index in [1.54, 1.807) is 0 Å². The Bertz CT molecular complexity index is 626. The fourth-order valence-electron chi connectivity index (χ4n) is 2.45. The van der Waals surface area contributed by atoms with Gasteiger partial charge in [0.25, 0.3) is 0 Å². The molecular weight excluding hydrogens is 288 g/mol. The second kappa shape index (κ2) is 6.58. The second-order valence-electron chi connectivity index (χ2n) is 5.48. The van der Waals surface area contributed by atoms with E-state index in [2.05, 4.69) is 5.32 Å². The highest BCUT2D eigenvalue weighted by Crippen LogP contribution is 2.24. The molecule has 2 rings (SSSR count). The highest BCUT2D eigenvalue weighted by atomic mass is 32.2. The predicted molar refractivity (Wildman–Crippen MR) is 83.6 cm³/mol. The average Bonchev–Trinajstić information content (AvgIpc) is 2.43. The molecule has 0 saturated carbocycles. The summed E-state index contributed by atoms with van der Waals surface area (Å²) in [5.74, 6) is 0.00702. The van der Waals surface area contributed by atoms with E-state index in [-0.39, 0.29) is 5.91 Å². The Morgan fingerprint density at radius 2 is 2.10 bits per heavy atom. The summed E-state index contributed by atoms with van der Waals surface area (Å²) in [4.78, 5) is 11.7. The standard InChI is InChI=1S/C15H22N2O3S/c1-3-4-5-15(18)16-14-7-6-12-8-9-17(21(2,19)20)11-13(12)10-14/h6-7,10H,3-5,8-9,11H2,1-2H3,(H,16,18). The van der Waals surface area contributed by atoms with Gasteiger partial charge in [0.2, 0.25) is 15.9 Å². The predicted octanol–water partition coefficient (Wildman–Crippen LogP) is 2.13. The van der Waals surface area contributed by atoms with Gasteiger partial charge < -0.3 is 5.32 Å². The van der Waals surface area contributed by atoms with Gasteiger partial charge in [0, 0.05) is 25.2 Å². The van der Waals surface area contributed by atoms with Crippen LogP contribution in [-0.2, 0) is 27.8 Å². The lowest BCUT2D eigenvalue weighted by Crippen LogP contribution is -2.35. The van der Waals surface area contributed by atoms with Crippen LogP contribution in [0.2, 0.25) is 0 Å². The van der Waals surface area contributed by atoms with E-state index in [1.165, 1.54) is 10.6 Å². The zero-order valence-electron chi connectivity index (χ0n) is 12.6. The third-order valence-corrected chi connectivity index (χ3v) is 4.94. The normalized spacial score (nSPS) is 15.5. The number of amides is 1. The lowest BCUT2D eigenvalue weighted by Gasteiger charge is -2.27. The maximum absolute atomic E-state index is 11.7. The quantitative estimate of drug-likeness (QED) is 0.906. The van der Waals surface area contributed by atoms with Crippen molar-refractivity contribution >= 4 is 21.6 Å². The first kappa shape index (κ1) is 16.0. The van der Waals surface area contributed by atoms with E-state index in [4.69, 9.17) is 0 Å². The van der Waals surface area contributed by atoms with Gasteiger partial charge in [-0.2, -0.15) is 4.31 Å². The molecule has 1 aliphatic heterocycles. The number of hydrogen-bond acceptors (Lipinski definition) is 3. The lowest BCUT2D eigenvalue weighted by atomic mass is 10.0. The number of hydrogen-bond donors (Lipinski definition) is 1. The minimum atomic E-state index is -3.17. The molecule has 0 fully saturated rings. The van der Waals surface area contributed by atoms with Crippen molar-refractivity contribution < 1.29 is 13.2 Å². The Morgan fingerprint density at radius 1 is 1.33 bits per heavy atom. The maximum atomic E-state index is 11.7. The first-order valence-corrected chi connectivity index (χ1v) is 9.11.